The normalized spacial score (nSPS) is 11.7. The van der Waals surface area contributed by atoms with Crippen LogP contribution in [0.2, 0.25) is 0 Å². The van der Waals surface area contributed by atoms with Crippen LogP contribution < -0.4 is 15.6 Å². The lowest BCUT2D eigenvalue weighted by Gasteiger charge is -2.14. The molecule has 0 saturated carbocycles. The lowest BCUT2D eigenvalue weighted by Crippen LogP contribution is -2.27. The monoisotopic (exact) mass is 391 g/mol. The third kappa shape index (κ3) is 5.54. The highest BCUT2D eigenvalue weighted by atomic mass is 16.5. The van der Waals surface area contributed by atoms with E-state index in [2.05, 4.69) is 10.4 Å². The van der Waals surface area contributed by atoms with Crippen molar-refractivity contribution in [1.29, 1.82) is 0 Å². The van der Waals surface area contributed by atoms with E-state index in [0.717, 1.165) is 16.9 Å². The number of nitrogens with one attached hydrogen (secondary N) is 1. The maximum absolute atomic E-state index is 12.2. The smallest absolute Gasteiger partial charge is 0.266 e. The number of nitrogens with zero attached hydrogens (tertiary/aromatic N) is 2. The summed E-state index contributed by atoms with van der Waals surface area (Å²) in [6.45, 7) is 2.34. The van der Waals surface area contributed by atoms with E-state index in [1.54, 1.807) is 13.2 Å². The molecule has 1 aromatic heterocycles. The summed E-state index contributed by atoms with van der Waals surface area (Å²) >= 11 is 0. The Bertz CT molecular complexity index is 998. The second kappa shape index (κ2) is 9.68. The fourth-order valence-corrected chi connectivity index (χ4v) is 3.05. The summed E-state index contributed by atoms with van der Waals surface area (Å²) in [5.74, 6) is 0.721. The molecular weight excluding hydrogens is 366 g/mol. The number of benzene rings is 2. The van der Waals surface area contributed by atoms with E-state index in [1.807, 2.05) is 61.5 Å². The van der Waals surface area contributed by atoms with E-state index in [1.165, 1.54) is 10.7 Å². The number of amides is 1. The van der Waals surface area contributed by atoms with Crippen molar-refractivity contribution in [3.8, 4) is 17.0 Å². The first kappa shape index (κ1) is 20.3. The number of rotatable bonds is 8. The molecule has 0 aliphatic rings. The molecule has 0 radical (unpaired) electrons. The molecule has 1 amide bonds. The van der Waals surface area contributed by atoms with Gasteiger partial charge in [-0.1, -0.05) is 30.3 Å². The van der Waals surface area contributed by atoms with Gasteiger partial charge in [0.05, 0.1) is 18.8 Å². The molecule has 2 aromatic carbocycles. The molecule has 1 atom stereocenters. The third-order valence-electron chi connectivity index (χ3n) is 4.70. The molecule has 1 heterocycles. The summed E-state index contributed by atoms with van der Waals surface area (Å²) in [7, 11) is 1.62. The average Bonchev–Trinajstić information content (AvgIpc) is 2.75. The zero-order valence-electron chi connectivity index (χ0n) is 16.7. The van der Waals surface area contributed by atoms with Crippen molar-refractivity contribution < 1.29 is 9.53 Å². The van der Waals surface area contributed by atoms with E-state index in [9.17, 15) is 9.59 Å². The Labute approximate surface area is 170 Å². The molecule has 0 aliphatic carbocycles. The lowest BCUT2D eigenvalue weighted by molar-refractivity contribution is -0.121. The molecule has 0 aliphatic heterocycles. The van der Waals surface area contributed by atoms with Crippen LogP contribution in [-0.2, 0) is 11.3 Å². The maximum Gasteiger partial charge on any atom is 0.266 e. The molecular formula is C23H25N3O3. The molecule has 0 saturated heterocycles. The number of carbonyl (C=O) groups is 1. The Balaban J connectivity index is 1.57. The number of methoxy groups -OCH3 is 1. The number of aromatic nitrogens is 2. The molecule has 29 heavy (non-hydrogen) atoms. The topological polar surface area (TPSA) is 73.2 Å². The molecule has 3 rings (SSSR count). The molecule has 3 aromatic rings. The number of carbonyl (C=O) groups excluding carboxylic acids is 1. The summed E-state index contributed by atoms with van der Waals surface area (Å²) in [6, 6.07) is 20.5. The summed E-state index contributed by atoms with van der Waals surface area (Å²) < 4.78 is 6.58. The van der Waals surface area contributed by atoms with Gasteiger partial charge in [-0.15, -0.1) is 0 Å². The van der Waals surface area contributed by atoms with Gasteiger partial charge in [0.1, 0.15) is 5.75 Å². The maximum atomic E-state index is 12.2. The van der Waals surface area contributed by atoms with Crippen LogP contribution in [-0.4, -0.2) is 22.8 Å². The van der Waals surface area contributed by atoms with Crippen molar-refractivity contribution in [3.05, 3.63) is 82.6 Å². The van der Waals surface area contributed by atoms with E-state index in [-0.39, 0.29) is 17.5 Å². The van der Waals surface area contributed by atoms with E-state index in [0.29, 0.717) is 25.1 Å². The molecule has 1 unspecified atom stereocenters. The molecule has 0 spiro atoms. The van der Waals surface area contributed by atoms with E-state index >= 15 is 0 Å². The highest BCUT2D eigenvalue weighted by molar-refractivity contribution is 5.76. The van der Waals surface area contributed by atoms with Crippen LogP contribution in [0.1, 0.15) is 31.4 Å². The Kier molecular flexibility index (Phi) is 6.79. The minimum absolute atomic E-state index is 0.0410. The van der Waals surface area contributed by atoms with Gasteiger partial charge in [-0.25, -0.2) is 4.68 Å². The second-order valence-corrected chi connectivity index (χ2v) is 6.81. The summed E-state index contributed by atoms with van der Waals surface area (Å²) in [4.78, 5) is 24.3. The first-order valence-electron chi connectivity index (χ1n) is 9.64. The zero-order chi connectivity index (χ0) is 20.6. The van der Waals surface area contributed by atoms with Gasteiger partial charge in [0.2, 0.25) is 5.91 Å². The van der Waals surface area contributed by atoms with Crippen molar-refractivity contribution in [2.45, 2.75) is 32.4 Å². The van der Waals surface area contributed by atoms with Gasteiger partial charge in [-0.3, -0.25) is 9.59 Å². The Morgan fingerprint density at radius 2 is 1.79 bits per heavy atom. The highest BCUT2D eigenvalue weighted by Gasteiger charge is 2.10. The fourth-order valence-electron chi connectivity index (χ4n) is 3.05. The highest BCUT2D eigenvalue weighted by Crippen LogP contribution is 2.19. The van der Waals surface area contributed by atoms with Crippen molar-refractivity contribution in [1.82, 2.24) is 15.1 Å². The molecule has 6 nitrogen and oxygen atoms in total. The fraction of sp³-hybridized carbons (Fsp3) is 0.261. The van der Waals surface area contributed by atoms with Gasteiger partial charge in [0.25, 0.3) is 5.56 Å². The van der Waals surface area contributed by atoms with Gasteiger partial charge in [0.15, 0.2) is 0 Å². The van der Waals surface area contributed by atoms with Crippen LogP contribution in [0.3, 0.4) is 0 Å². The predicted molar refractivity (Wildman–Crippen MR) is 113 cm³/mol. The minimum Gasteiger partial charge on any atom is -0.497 e. The van der Waals surface area contributed by atoms with Gasteiger partial charge in [-0.2, -0.15) is 5.10 Å². The lowest BCUT2D eigenvalue weighted by atomic mass is 10.1. The van der Waals surface area contributed by atoms with Crippen LogP contribution in [0, 0.1) is 0 Å². The van der Waals surface area contributed by atoms with Crippen LogP contribution >= 0.6 is 0 Å². The molecule has 0 bridgehead atoms. The standard InChI is InChI=1S/C23H25N3O3/c1-17(18-7-4-3-5-8-18)24-22(27)9-6-16-26-23(28)15-14-21(25-26)19-10-12-20(29-2)13-11-19/h3-5,7-8,10-15,17H,6,9,16H2,1-2H3,(H,24,27). The summed E-state index contributed by atoms with van der Waals surface area (Å²) in [5.41, 5.74) is 2.48. The van der Waals surface area contributed by atoms with Gasteiger partial charge < -0.3 is 10.1 Å². The summed E-state index contributed by atoms with van der Waals surface area (Å²) in [5, 5.41) is 7.42. The second-order valence-electron chi connectivity index (χ2n) is 6.81. The van der Waals surface area contributed by atoms with Crippen molar-refractivity contribution in [2.75, 3.05) is 7.11 Å². The number of aryl methyl sites for hydroxylation is 1. The molecule has 0 fully saturated rings. The molecule has 6 heteroatoms. The predicted octanol–water partition coefficient (Wildman–Crippen LogP) is 3.58. The minimum atomic E-state index is -0.180. The van der Waals surface area contributed by atoms with Gasteiger partial charge >= 0.3 is 0 Å². The zero-order valence-corrected chi connectivity index (χ0v) is 16.7. The van der Waals surface area contributed by atoms with Gasteiger partial charge in [-0.05, 0) is 49.2 Å². The van der Waals surface area contributed by atoms with Gasteiger partial charge in [0, 0.05) is 24.6 Å². The quantitative estimate of drug-likeness (QED) is 0.637. The summed E-state index contributed by atoms with van der Waals surface area (Å²) in [6.07, 6.45) is 0.865. The molecule has 1 N–H and O–H groups in total. The number of hydrogen-bond acceptors (Lipinski definition) is 4. The SMILES string of the molecule is COc1ccc(-c2ccc(=O)n(CCCC(=O)NC(C)c3ccccc3)n2)cc1. The van der Waals surface area contributed by atoms with Crippen LogP contribution in [0.15, 0.2) is 71.5 Å². The van der Waals surface area contributed by atoms with E-state index in [4.69, 9.17) is 4.74 Å². The Hall–Kier alpha value is -3.41. The largest absolute Gasteiger partial charge is 0.497 e. The first-order chi connectivity index (χ1) is 14.1. The van der Waals surface area contributed by atoms with Crippen molar-refractivity contribution >= 4 is 5.91 Å². The number of ether oxygens (including phenoxy) is 1. The van der Waals surface area contributed by atoms with Crippen LogP contribution in [0.25, 0.3) is 11.3 Å². The Morgan fingerprint density at radius 1 is 1.07 bits per heavy atom. The van der Waals surface area contributed by atoms with Crippen LogP contribution in [0.4, 0.5) is 0 Å². The first-order valence-corrected chi connectivity index (χ1v) is 9.64. The average molecular weight is 391 g/mol. The van der Waals surface area contributed by atoms with Crippen molar-refractivity contribution in [2.24, 2.45) is 0 Å². The van der Waals surface area contributed by atoms with E-state index < -0.39 is 0 Å². The number of hydrogen-bond donors (Lipinski definition) is 1. The molecule has 150 valence electrons. The third-order valence-corrected chi connectivity index (χ3v) is 4.70. The van der Waals surface area contributed by atoms with Crippen LogP contribution in [0.5, 0.6) is 5.75 Å². The Morgan fingerprint density at radius 3 is 2.48 bits per heavy atom. The van der Waals surface area contributed by atoms with Crippen molar-refractivity contribution in [3.63, 3.8) is 0 Å².